The largest absolute Gasteiger partial charge is 0.468 e. The zero-order valence-electron chi connectivity index (χ0n) is 11.0. The Labute approximate surface area is 98.9 Å². The molecule has 1 aliphatic carbocycles. The van der Waals surface area contributed by atoms with Crippen LogP contribution in [-0.2, 0) is 9.53 Å². The Morgan fingerprint density at radius 1 is 1.38 bits per heavy atom. The van der Waals surface area contributed by atoms with E-state index in [0.717, 1.165) is 25.7 Å². The summed E-state index contributed by atoms with van der Waals surface area (Å²) in [6.07, 6.45) is 4.62. The van der Waals surface area contributed by atoms with Crippen molar-refractivity contribution in [2.45, 2.75) is 58.5 Å². The van der Waals surface area contributed by atoms with Gasteiger partial charge in [-0.25, -0.2) is 0 Å². The number of hydrogen-bond acceptors (Lipinski definition) is 3. The lowest BCUT2D eigenvalue weighted by atomic mass is 9.94. The molecule has 0 aromatic heterocycles. The monoisotopic (exact) mass is 227 g/mol. The molecule has 1 rings (SSSR count). The van der Waals surface area contributed by atoms with Gasteiger partial charge in [-0.1, -0.05) is 26.7 Å². The van der Waals surface area contributed by atoms with E-state index in [1.165, 1.54) is 7.11 Å². The molecule has 3 heteroatoms. The molecule has 0 radical (unpaired) electrons. The second kappa shape index (κ2) is 6.24. The van der Waals surface area contributed by atoms with E-state index in [1.807, 2.05) is 0 Å². The van der Waals surface area contributed by atoms with Crippen LogP contribution in [0, 0.1) is 11.8 Å². The highest BCUT2D eigenvalue weighted by molar-refractivity contribution is 5.76. The van der Waals surface area contributed by atoms with Crippen molar-refractivity contribution in [3.8, 4) is 0 Å². The molecule has 1 saturated carbocycles. The van der Waals surface area contributed by atoms with Crippen LogP contribution in [0.15, 0.2) is 0 Å². The number of ether oxygens (including phenoxy) is 1. The van der Waals surface area contributed by atoms with Crippen LogP contribution in [0.25, 0.3) is 0 Å². The molecule has 1 N–H and O–H groups in total. The van der Waals surface area contributed by atoms with Crippen molar-refractivity contribution in [1.82, 2.24) is 5.32 Å². The molecule has 16 heavy (non-hydrogen) atoms. The van der Waals surface area contributed by atoms with Crippen molar-refractivity contribution in [3.05, 3.63) is 0 Å². The molecule has 0 bridgehead atoms. The fourth-order valence-electron chi connectivity index (χ4n) is 2.37. The maximum atomic E-state index is 11.6. The van der Waals surface area contributed by atoms with E-state index in [9.17, 15) is 4.79 Å². The van der Waals surface area contributed by atoms with Crippen LogP contribution >= 0.6 is 0 Å². The normalized spacial score (nSPS) is 19.6. The van der Waals surface area contributed by atoms with E-state index >= 15 is 0 Å². The van der Waals surface area contributed by atoms with Gasteiger partial charge in [-0.2, -0.15) is 0 Å². The van der Waals surface area contributed by atoms with Gasteiger partial charge >= 0.3 is 5.97 Å². The van der Waals surface area contributed by atoms with Crippen LogP contribution in [-0.4, -0.2) is 25.2 Å². The Balaban J connectivity index is 2.50. The molecule has 3 nitrogen and oxygen atoms in total. The third-order valence-corrected chi connectivity index (χ3v) is 3.75. The minimum absolute atomic E-state index is 0.0828. The Morgan fingerprint density at radius 3 is 2.31 bits per heavy atom. The minimum atomic E-state index is -0.0969. The van der Waals surface area contributed by atoms with Gasteiger partial charge in [0.25, 0.3) is 0 Å². The second-order valence-corrected chi connectivity index (χ2v) is 4.87. The summed E-state index contributed by atoms with van der Waals surface area (Å²) < 4.78 is 4.86. The number of carbonyl (C=O) groups is 1. The number of methoxy groups -OCH3 is 1. The molecule has 0 aliphatic heterocycles. The van der Waals surface area contributed by atoms with Crippen LogP contribution in [0.1, 0.15) is 46.5 Å². The number of nitrogens with one attached hydrogen (secondary N) is 1. The molecule has 94 valence electrons. The summed E-state index contributed by atoms with van der Waals surface area (Å²) in [6.45, 7) is 6.59. The van der Waals surface area contributed by atoms with Gasteiger partial charge in [0.2, 0.25) is 0 Å². The fraction of sp³-hybridized carbons (Fsp3) is 0.923. The lowest BCUT2D eigenvalue weighted by molar-refractivity contribution is -0.144. The van der Waals surface area contributed by atoms with Gasteiger partial charge < -0.3 is 10.1 Å². The smallest absolute Gasteiger partial charge is 0.323 e. The van der Waals surface area contributed by atoms with Crippen LogP contribution in [0.2, 0.25) is 0 Å². The van der Waals surface area contributed by atoms with Crippen molar-refractivity contribution >= 4 is 5.97 Å². The Morgan fingerprint density at radius 2 is 1.94 bits per heavy atom. The molecule has 0 saturated heterocycles. The highest BCUT2D eigenvalue weighted by Gasteiger charge is 2.38. The molecule has 0 amide bonds. The Kier molecular flexibility index (Phi) is 5.26. The van der Waals surface area contributed by atoms with Gasteiger partial charge in [0.05, 0.1) is 7.11 Å². The Bertz CT molecular complexity index is 222. The van der Waals surface area contributed by atoms with E-state index in [4.69, 9.17) is 4.74 Å². The summed E-state index contributed by atoms with van der Waals surface area (Å²) in [5.41, 5.74) is 0. The molecule has 0 aromatic rings. The minimum Gasteiger partial charge on any atom is -0.468 e. The predicted octanol–water partition coefficient (Wildman–Crippen LogP) is 2.35. The van der Waals surface area contributed by atoms with Gasteiger partial charge in [0.1, 0.15) is 6.04 Å². The van der Waals surface area contributed by atoms with Gasteiger partial charge in [0, 0.05) is 6.04 Å². The standard InChI is InChI=1S/C13H25NO2/c1-5-10(6-2)9(3)14-12(11-7-8-11)13(15)16-4/h9-12,14H,5-8H2,1-4H3. The van der Waals surface area contributed by atoms with Gasteiger partial charge in [-0.05, 0) is 31.6 Å². The average Bonchev–Trinajstić information content (AvgIpc) is 3.10. The SMILES string of the molecule is CCC(CC)C(C)NC(C(=O)OC)C1CC1. The maximum absolute atomic E-state index is 11.6. The average molecular weight is 227 g/mol. The van der Waals surface area contributed by atoms with Crippen molar-refractivity contribution in [2.75, 3.05) is 7.11 Å². The topological polar surface area (TPSA) is 38.3 Å². The summed E-state index contributed by atoms with van der Waals surface area (Å²) in [5.74, 6) is 1.05. The number of hydrogen-bond donors (Lipinski definition) is 1. The fourth-order valence-corrected chi connectivity index (χ4v) is 2.37. The van der Waals surface area contributed by atoms with Crippen molar-refractivity contribution in [2.24, 2.45) is 11.8 Å². The second-order valence-electron chi connectivity index (χ2n) is 4.87. The summed E-state index contributed by atoms with van der Waals surface area (Å²) >= 11 is 0. The van der Waals surface area contributed by atoms with E-state index in [-0.39, 0.29) is 12.0 Å². The van der Waals surface area contributed by atoms with E-state index in [0.29, 0.717) is 17.9 Å². The zero-order chi connectivity index (χ0) is 12.1. The lowest BCUT2D eigenvalue weighted by Crippen LogP contribution is -2.46. The van der Waals surface area contributed by atoms with E-state index in [2.05, 4.69) is 26.1 Å². The van der Waals surface area contributed by atoms with Crippen molar-refractivity contribution in [3.63, 3.8) is 0 Å². The van der Waals surface area contributed by atoms with Crippen molar-refractivity contribution < 1.29 is 9.53 Å². The zero-order valence-corrected chi connectivity index (χ0v) is 11.0. The highest BCUT2D eigenvalue weighted by Crippen LogP contribution is 2.33. The molecule has 1 fully saturated rings. The van der Waals surface area contributed by atoms with Crippen LogP contribution in [0.3, 0.4) is 0 Å². The highest BCUT2D eigenvalue weighted by atomic mass is 16.5. The third-order valence-electron chi connectivity index (χ3n) is 3.75. The van der Waals surface area contributed by atoms with E-state index in [1.54, 1.807) is 0 Å². The van der Waals surface area contributed by atoms with Gasteiger partial charge in [-0.3, -0.25) is 4.79 Å². The Hall–Kier alpha value is -0.570. The number of carbonyl (C=O) groups excluding carboxylic acids is 1. The first-order chi connectivity index (χ1) is 7.63. The lowest BCUT2D eigenvalue weighted by Gasteiger charge is -2.27. The third kappa shape index (κ3) is 3.48. The predicted molar refractivity (Wildman–Crippen MR) is 65.2 cm³/mol. The van der Waals surface area contributed by atoms with Crippen molar-refractivity contribution in [1.29, 1.82) is 0 Å². The molecule has 2 atom stereocenters. The van der Waals surface area contributed by atoms with Crippen LogP contribution in [0.5, 0.6) is 0 Å². The van der Waals surface area contributed by atoms with E-state index < -0.39 is 0 Å². The summed E-state index contributed by atoms with van der Waals surface area (Å²) in [7, 11) is 1.47. The van der Waals surface area contributed by atoms with Gasteiger partial charge in [0.15, 0.2) is 0 Å². The molecule has 0 spiro atoms. The number of rotatable bonds is 7. The van der Waals surface area contributed by atoms with Crippen LogP contribution in [0.4, 0.5) is 0 Å². The molecule has 2 unspecified atom stereocenters. The van der Waals surface area contributed by atoms with Crippen LogP contribution < -0.4 is 5.32 Å². The molecule has 0 aromatic carbocycles. The first kappa shape index (κ1) is 13.5. The molecule has 1 aliphatic rings. The first-order valence-electron chi connectivity index (χ1n) is 6.47. The molecular formula is C13H25NO2. The summed E-state index contributed by atoms with van der Waals surface area (Å²) in [4.78, 5) is 11.6. The molecule has 0 heterocycles. The summed E-state index contributed by atoms with van der Waals surface area (Å²) in [6, 6.07) is 0.306. The summed E-state index contributed by atoms with van der Waals surface area (Å²) in [5, 5.41) is 3.46. The quantitative estimate of drug-likeness (QED) is 0.678. The van der Waals surface area contributed by atoms with Gasteiger partial charge in [-0.15, -0.1) is 0 Å². The number of esters is 1. The molecular weight excluding hydrogens is 202 g/mol. The first-order valence-corrected chi connectivity index (χ1v) is 6.47. The maximum Gasteiger partial charge on any atom is 0.323 e.